The number of morpholine rings is 1. The zero-order chi connectivity index (χ0) is 17.9. The van der Waals surface area contributed by atoms with E-state index in [-0.39, 0.29) is 24.1 Å². The Bertz CT molecular complexity index is 650. The molecule has 0 unspecified atom stereocenters. The lowest BCUT2D eigenvalue weighted by Crippen LogP contribution is -2.42. The van der Waals surface area contributed by atoms with Gasteiger partial charge in [-0.15, -0.1) is 0 Å². The van der Waals surface area contributed by atoms with Crippen LogP contribution in [0.5, 0.6) is 0 Å². The Balaban J connectivity index is 1.32. The molecule has 0 aromatic carbocycles. The Kier molecular flexibility index (Phi) is 5.03. The van der Waals surface area contributed by atoms with Crippen molar-refractivity contribution in [3.63, 3.8) is 0 Å². The Labute approximate surface area is 152 Å². The maximum atomic E-state index is 12.6. The average Bonchev–Trinajstić information content (AvgIpc) is 3.21. The van der Waals surface area contributed by atoms with Gasteiger partial charge in [0.2, 0.25) is 0 Å². The number of hydrogen-bond donors (Lipinski definition) is 0. The molecule has 0 bridgehead atoms. The van der Waals surface area contributed by atoms with E-state index < -0.39 is 0 Å². The quantitative estimate of drug-likeness (QED) is 0.759. The number of carbonyl (C=O) groups is 2. The highest BCUT2D eigenvalue weighted by atomic mass is 16.6. The van der Waals surface area contributed by atoms with Crippen molar-refractivity contribution in [2.45, 2.75) is 18.6 Å². The van der Waals surface area contributed by atoms with E-state index >= 15 is 0 Å². The summed E-state index contributed by atoms with van der Waals surface area (Å²) in [4.78, 5) is 34.7. The van der Waals surface area contributed by atoms with Gasteiger partial charge in [0.05, 0.1) is 31.4 Å². The van der Waals surface area contributed by atoms with Gasteiger partial charge in [-0.1, -0.05) is 0 Å². The van der Waals surface area contributed by atoms with Crippen molar-refractivity contribution in [2.24, 2.45) is 0 Å². The lowest BCUT2D eigenvalue weighted by Gasteiger charge is -2.28. The predicted octanol–water partition coefficient (Wildman–Crippen LogP) is 0.449. The molecule has 1 aromatic rings. The molecular weight excluding hydrogens is 336 g/mol. The first-order chi connectivity index (χ1) is 12.7. The minimum Gasteiger partial charge on any atom is -0.442 e. The number of ether oxygens (including phenoxy) is 2. The molecule has 0 aliphatic carbocycles. The van der Waals surface area contributed by atoms with Crippen molar-refractivity contribution in [3.8, 4) is 0 Å². The van der Waals surface area contributed by atoms with Crippen molar-refractivity contribution < 1.29 is 19.1 Å². The van der Waals surface area contributed by atoms with Crippen LogP contribution in [0.2, 0.25) is 0 Å². The topological polar surface area (TPSA) is 75.2 Å². The SMILES string of the molecule is O=C(c1cccnc1)N1C[C@H]2OC(=O)N(CCCN3CCOCC3)[C@H]2C1. The summed E-state index contributed by atoms with van der Waals surface area (Å²) in [7, 11) is 0. The predicted molar refractivity (Wildman–Crippen MR) is 92.8 cm³/mol. The number of fused-ring (bicyclic) bond motifs is 1. The van der Waals surface area contributed by atoms with Gasteiger partial charge in [0.25, 0.3) is 5.91 Å². The van der Waals surface area contributed by atoms with Crippen LogP contribution in [0.25, 0.3) is 0 Å². The lowest BCUT2D eigenvalue weighted by molar-refractivity contribution is 0.0362. The minimum absolute atomic E-state index is 0.0483. The van der Waals surface area contributed by atoms with Crippen LogP contribution in [0.1, 0.15) is 16.8 Å². The molecule has 140 valence electrons. The standard InChI is InChI=1S/C18H24N4O4/c23-17(14-3-1-4-19-11-14)21-12-15-16(13-21)26-18(24)22(15)6-2-5-20-7-9-25-10-8-20/h1,3-4,11,15-16H,2,5-10,12-13H2/t15-,16+/m0/s1. The summed E-state index contributed by atoms with van der Waals surface area (Å²) in [5.74, 6) is -0.0585. The minimum atomic E-state index is -0.254. The van der Waals surface area contributed by atoms with Gasteiger partial charge in [0.1, 0.15) is 6.10 Å². The fourth-order valence-electron chi connectivity index (χ4n) is 3.89. The number of aromatic nitrogens is 1. The van der Waals surface area contributed by atoms with E-state index in [1.54, 1.807) is 34.3 Å². The summed E-state index contributed by atoms with van der Waals surface area (Å²) < 4.78 is 10.9. The number of nitrogens with zero attached hydrogens (tertiary/aromatic N) is 4. The van der Waals surface area contributed by atoms with Gasteiger partial charge in [0, 0.05) is 45.1 Å². The first kappa shape index (κ1) is 17.2. The zero-order valence-corrected chi connectivity index (χ0v) is 14.7. The number of pyridine rings is 1. The van der Waals surface area contributed by atoms with Crippen LogP contribution in [-0.4, -0.2) is 96.3 Å². The van der Waals surface area contributed by atoms with Crippen molar-refractivity contribution in [1.82, 2.24) is 19.7 Å². The monoisotopic (exact) mass is 360 g/mol. The largest absolute Gasteiger partial charge is 0.442 e. The second kappa shape index (κ2) is 7.59. The highest BCUT2D eigenvalue weighted by Crippen LogP contribution is 2.28. The second-order valence-corrected chi connectivity index (χ2v) is 6.94. The van der Waals surface area contributed by atoms with Crippen molar-refractivity contribution in [1.29, 1.82) is 0 Å². The molecule has 3 aliphatic heterocycles. The number of amides is 2. The average molecular weight is 360 g/mol. The molecule has 0 N–H and O–H groups in total. The highest BCUT2D eigenvalue weighted by molar-refractivity contribution is 5.94. The Morgan fingerprint density at radius 3 is 2.85 bits per heavy atom. The molecule has 3 saturated heterocycles. The van der Waals surface area contributed by atoms with Gasteiger partial charge in [-0.25, -0.2) is 4.79 Å². The van der Waals surface area contributed by atoms with E-state index in [0.29, 0.717) is 25.2 Å². The zero-order valence-electron chi connectivity index (χ0n) is 14.7. The van der Waals surface area contributed by atoms with E-state index in [0.717, 1.165) is 39.3 Å². The smallest absolute Gasteiger partial charge is 0.410 e. The van der Waals surface area contributed by atoms with E-state index in [2.05, 4.69) is 9.88 Å². The first-order valence-corrected chi connectivity index (χ1v) is 9.19. The molecule has 26 heavy (non-hydrogen) atoms. The normalized spacial score (nSPS) is 26.1. The van der Waals surface area contributed by atoms with Gasteiger partial charge < -0.3 is 14.4 Å². The number of carbonyl (C=O) groups excluding carboxylic acids is 2. The van der Waals surface area contributed by atoms with E-state index in [4.69, 9.17) is 9.47 Å². The lowest BCUT2D eigenvalue weighted by atomic mass is 10.2. The van der Waals surface area contributed by atoms with Crippen LogP contribution >= 0.6 is 0 Å². The summed E-state index contributed by atoms with van der Waals surface area (Å²) in [5.41, 5.74) is 0.567. The fraction of sp³-hybridized carbons (Fsp3) is 0.611. The molecule has 0 radical (unpaired) electrons. The molecule has 1 aromatic heterocycles. The van der Waals surface area contributed by atoms with E-state index in [9.17, 15) is 9.59 Å². The van der Waals surface area contributed by atoms with E-state index in [1.165, 1.54) is 0 Å². The molecule has 8 heteroatoms. The molecule has 8 nitrogen and oxygen atoms in total. The van der Waals surface area contributed by atoms with Crippen LogP contribution in [0.3, 0.4) is 0 Å². The third-order valence-electron chi connectivity index (χ3n) is 5.30. The molecule has 2 atom stereocenters. The summed E-state index contributed by atoms with van der Waals surface area (Å²) in [5, 5.41) is 0. The molecule has 2 amide bonds. The summed E-state index contributed by atoms with van der Waals surface area (Å²) in [6.45, 7) is 6.03. The third-order valence-corrected chi connectivity index (χ3v) is 5.30. The maximum absolute atomic E-state index is 12.6. The first-order valence-electron chi connectivity index (χ1n) is 9.19. The summed E-state index contributed by atoms with van der Waals surface area (Å²) in [6, 6.07) is 3.46. The molecule has 4 rings (SSSR count). The molecule has 3 fully saturated rings. The van der Waals surface area contributed by atoms with Gasteiger partial charge in [-0.2, -0.15) is 0 Å². The summed E-state index contributed by atoms with van der Waals surface area (Å²) in [6.07, 6.45) is 3.63. The van der Waals surface area contributed by atoms with E-state index in [1.807, 2.05) is 0 Å². The number of likely N-dealkylation sites (tertiary alicyclic amines) is 1. The van der Waals surface area contributed by atoms with Crippen molar-refractivity contribution in [2.75, 3.05) is 52.5 Å². The molecular formula is C18H24N4O4. The Hall–Kier alpha value is -2.19. The summed E-state index contributed by atoms with van der Waals surface area (Å²) >= 11 is 0. The van der Waals surface area contributed by atoms with Crippen LogP contribution in [0.15, 0.2) is 24.5 Å². The fourth-order valence-corrected chi connectivity index (χ4v) is 3.89. The molecule has 0 spiro atoms. The van der Waals surface area contributed by atoms with Gasteiger partial charge in [0.15, 0.2) is 0 Å². The Morgan fingerprint density at radius 1 is 1.23 bits per heavy atom. The highest BCUT2D eigenvalue weighted by Gasteiger charge is 2.48. The molecule has 0 saturated carbocycles. The Morgan fingerprint density at radius 2 is 2.08 bits per heavy atom. The van der Waals surface area contributed by atoms with Crippen molar-refractivity contribution >= 4 is 12.0 Å². The van der Waals surface area contributed by atoms with Crippen LogP contribution in [0, 0.1) is 0 Å². The van der Waals surface area contributed by atoms with Gasteiger partial charge in [-0.05, 0) is 18.6 Å². The number of hydrogen-bond acceptors (Lipinski definition) is 6. The second-order valence-electron chi connectivity index (χ2n) is 6.94. The van der Waals surface area contributed by atoms with Crippen LogP contribution in [0.4, 0.5) is 4.79 Å². The van der Waals surface area contributed by atoms with Gasteiger partial charge in [-0.3, -0.25) is 19.6 Å². The molecule has 4 heterocycles. The van der Waals surface area contributed by atoms with Crippen LogP contribution < -0.4 is 0 Å². The maximum Gasteiger partial charge on any atom is 0.410 e. The van der Waals surface area contributed by atoms with Gasteiger partial charge >= 0.3 is 6.09 Å². The number of rotatable bonds is 5. The van der Waals surface area contributed by atoms with Crippen LogP contribution in [-0.2, 0) is 9.47 Å². The third kappa shape index (κ3) is 3.52. The molecule has 3 aliphatic rings. The van der Waals surface area contributed by atoms with Crippen molar-refractivity contribution in [3.05, 3.63) is 30.1 Å².